The lowest BCUT2D eigenvalue weighted by Crippen LogP contribution is -2.49. The molecule has 1 N–H and O–H groups in total. The summed E-state index contributed by atoms with van der Waals surface area (Å²) in [6.07, 6.45) is 5.21. The summed E-state index contributed by atoms with van der Waals surface area (Å²) >= 11 is 6.39. The Balaban J connectivity index is 1.36. The molecule has 0 radical (unpaired) electrons. The molecule has 2 aliphatic heterocycles. The third kappa shape index (κ3) is 6.08. The van der Waals surface area contributed by atoms with Crippen LogP contribution in [0.1, 0.15) is 43.1 Å². The zero-order chi connectivity index (χ0) is 26.5. The Labute approximate surface area is 222 Å². The summed E-state index contributed by atoms with van der Waals surface area (Å²) in [6.45, 7) is 8.33. The number of likely N-dealkylation sites (tertiary alicyclic amines) is 1. The molecule has 0 aliphatic carbocycles. The predicted molar refractivity (Wildman–Crippen MR) is 140 cm³/mol. The van der Waals surface area contributed by atoms with Gasteiger partial charge in [-0.15, -0.1) is 0 Å². The van der Waals surface area contributed by atoms with Crippen molar-refractivity contribution in [1.82, 2.24) is 19.4 Å². The van der Waals surface area contributed by atoms with Gasteiger partial charge in [0.05, 0.1) is 37.0 Å². The molecule has 2 aliphatic rings. The Kier molecular flexibility index (Phi) is 9.04. The second-order valence-corrected chi connectivity index (χ2v) is 10.2. The molecular formula is C26H37ClN4O6. The summed E-state index contributed by atoms with van der Waals surface area (Å²) in [6, 6.07) is 1.70. The minimum Gasteiger partial charge on any atom is -0.491 e. The average molecular weight is 537 g/mol. The van der Waals surface area contributed by atoms with Crippen LogP contribution in [-0.4, -0.2) is 79.7 Å². The van der Waals surface area contributed by atoms with Crippen LogP contribution >= 0.6 is 11.6 Å². The van der Waals surface area contributed by atoms with Gasteiger partial charge in [0.2, 0.25) is 5.75 Å². The van der Waals surface area contributed by atoms with E-state index in [9.17, 15) is 9.59 Å². The predicted octanol–water partition coefficient (Wildman–Crippen LogP) is 2.82. The molecule has 0 unspecified atom stereocenters. The number of carbonyl (C=O) groups excluding carboxylic acids is 1. The van der Waals surface area contributed by atoms with Crippen LogP contribution < -0.4 is 25.2 Å². The van der Waals surface area contributed by atoms with Gasteiger partial charge < -0.3 is 24.3 Å². The number of methoxy groups -OCH3 is 2. The fraction of sp³-hybridized carbons (Fsp3) is 0.615. The maximum atomic E-state index is 13.2. The van der Waals surface area contributed by atoms with Crippen molar-refractivity contribution >= 4 is 17.5 Å². The highest BCUT2D eigenvalue weighted by Gasteiger charge is 2.31. The summed E-state index contributed by atoms with van der Waals surface area (Å²) in [5.41, 5.74) is 0.342. The summed E-state index contributed by atoms with van der Waals surface area (Å²) in [7, 11) is 3.21. The van der Waals surface area contributed by atoms with E-state index in [0.29, 0.717) is 60.6 Å². The van der Waals surface area contributed by atoms with Crippen LogP contribution in [0.5, 0.6) is 17.2 Å². The van der Waals surface area contributed by atoms with Gasteiger partial charge in [0, 0.05) is 64.1 Å². The summed E-state index contributed by atoms with van der Waals surface area (Å²) in [5.74, 6) is 0.960. The van der Waals surface area contributed by atoms with Crippen LogP contribution in [0.4, 0.5) is 0 Å². The first-order chi connectivity index (χ1) is 17.8. The lowest BCUT2D eigenvalue weighted by Gasteiger charge is -2.37. The molecule has 4 rings (SSSR count). The van der Waals surface area contributed by atoms with Crippen LogP contribution in [0.25, 0.3) is 0 Å². The number of carbonyl (C=O) groups is 1. The first-order valence-electron chi connectivity index (χ1n) is 12.8. The molecule has 1 fully saturated rings. The topological polar surface area (TPSA) is 96.2 Å². The molecule has 2 atom stereocenters. The van der Waals surface area contributed by atoms with E-state index in [2.05, 4.69) is 10.2 Å². The molecule has 37 heavy (non-hydrogen) atoms. The third-order valence-electron chi connectivity index (χ3n) is 7.07. The van der Waals surface area contributed by atoms with Gasteiger partial charge in [0.1, 0.15) is 0 Å². The number of nitrogens with one attached hydrogen (secondary N) is 1. The molecule has 1 saturated heterocycles. The number of hydrogen-bond acceptors (Lipinski definition) is 7. The Morgan fingerprint density at radius 1 is 1.19 bits per heavy atom. The SMILES string of the molecule is COc1c(Cl)cc(C(=O)NC[C@@H]2CCN(CCn3ccn(C(C)C)c3=O)C[C@H]2OC)c2c1OCCCO2. The smallest absolute Gasteiger partial charge is 0.328 e. The van der Waals surface area contributed by atoms with E-state index >= 15 is 0 Å². The molecule has 0 spiro atoms. The molecule has 0 bridgehead atoms. The minimum absolute atomic E-state index is 0.0156. The van der Waals surface area contributed by atoms with Crippen molar-refractivity contribution in [3.8, 4) is 17.2 Å². The number of aromatic nitrogens is 2. The van der Waals surface area contributed by atoms with Gasteiger partial charge in [-0.25, -0.2) is 4.79 Å². The van der Waals surface area contributed by atoms with E-state index in [-0.39, 0.29) is 29.7 Å². The summed E-state index contributed by atoms with van der Waals surface area (Å²) in [5, 5.41) is 3.34. The van der Waals surface area contributed by atoms with Gasteiger partial charge >= 0.3 is 5.69 Å². The number of fused-ring (bicyclic) bond motifs is 1. The van der Waals surface area contributed by atoms with Crippen molar-refractivity contribution < 1.29 is 23.7 Å². The fourth-order valence-corrected chi connectivity index (χ4v) is 5.20. The molecule has 11 heteroatoms. The molecule has 3 heterocycles. The monoisotopic (exact) mass is 536 g/mol. The highest BCUT2D eigenvalue weighted by Crippen LogP contribution is 2.46. The van der Waals surface area contributed by atoms with E-state index in [1.165, 1.54) is 7.11 Å². The van der Waals surface area contributed by atoms with Crippen molar-refractivity contribution in [3.05, 3.63) is 39.5 Å². The lowest BCUT2D eigenvalue weighted by atomic mass is 9.93. The van der Waals surface area contributed by atoms with Crippen molar-refractivity contribution in [1.29, 1.82) is 0 Å². The van der Waals surface area contributed by atoms with Gasteiger partial charge in [0.15, 0.2) is 11.5 Å². The number of nitrogens with zero attached hydrogens (tertiary/aromatic N) is 3. The van der Waals surface area contributed by atoms with Crippen LogP contribution in [0.3, 0.4) is 0 Å². The normalized spacial score (nSPS) is 20.1. The number of imidazole rings is 1. The summed E-state index contributed by atoms with van der Waals surface area (Å²) in [4.78, 5) is 28.0. The van der Waals surface area contributed by atoms with Crippen LogP contribution in [0.2, 0.25) is 5.02 Å². The second kappa shape index (κ2) is 12.2. The van der Waals surface area contributed by atoms with Crippen molar-refractivity contribution in [2.45, 2.75) is 45.4 Å². The van der Waals surface area contributed by atoms with Crippen LogP contribution in [0.15, 0.2) is 23.3 Å². The number of benzene rings is 1. The lowest BCUT2D eigenvalue weighted by molar-refractivity contribution is -0.0112. The first kappa shape index (κ1) is 27.3. The largest absolute Gasteiger partial charge is 0.491 e. The van der Waals surface area contributed by atoms with E-state index in [4.69, 9.17) is 30.5 Å². The Bertz CT molecular complexity index is 1150. The zero-order valence-corrected chi connectivity index (χ0v) is 22.8. The molecule has 1 aromatic heterocycles. The number of piperidine rings is 1. The van der Waals surface area contributed by atoms with Gasteiger partial charge in [-0.2, -0.15) is 0 Å². The number of ether oxygens (including phenoxy) is 4. The maximum absolute atomic E-state index is 13.2. The van der Waals surface area contributed by atoms with E-state index in [0.717, 1.165) is 26.1 Å². The second-order valence-electron chi connectivity index (χ2n) is 9.76. The molecule has 10 nitrogen and oxygen atoms in total. The standard InChI is InChI=1S/C26H37ClN4O6/c1-17(2)31-11-10-30(26(31)33)9-8-29-7-6-18(21(16-29)34-3)15-28-25(32)19-14-20(27)23(35-4)24-22(19)36-12-5-13-37-24/h10-11,14,17-18,21H,5-9,12-13,15-16H2,1-4H3,(H,28,32)/t18-,21+/m0/s1. The van der Waals surface area contributed by atoms with Gasteiger partial charge in [-0.05, 0) is 32.9 Å². The quantitative estimate of drug-likeness (QED) is 0.526. The molecule has 0 saturated carbocycles. The first-order valence-corrected chi connectivity index (χ1v) is 13.2. The van der Waals surface area contributed by atoms with E-state index in [1.54, 1.807) is 22.3 Å². The maximum Gasteiger partial charge on any atom is 0.328 e. The fourth-order valence-electron chi connectivity index (χ4n) is 4.92. The van der Waals surface area contributed by atoms with Crippen molar-refractivity contribution in [2.75, 3.05) is 53.6 Å². The van der Waals surface area contributed by atoms with E-state index in [1.807, 2.05) is 26.2 Å². The third-order valence-corrected chi connectivity index (χ3v) is 7.35. The molecule has 1 aromatic carbocycles. The van der Waals surface area contributed by atoms with E-state index < -0.39 is 0 Å². The molecule has 2 aromatic rings. The average Bonchev–Trinajstić information content (AvgIpc) is 3.09. The molecule has 204 valence electrons. The van der Waals surface area contributed by atoms with Crippen molar-refractivity contribution in [2.24, 2.45) is 5.92 Å². The Morgan fingerprint density at radius 2 is 1.95 bits per heavy atom. The zero-order valence-electron chi connectivity index (χ0n) is 22.0. The minimum atomic E-state index is -0.280. The van der Waals surface area contributed by atoms with Crippen molar-refractivity contribution in [3.63, 3.8) is 0 Å². The number of hydrogen-bond donors (Lipinski definition) is 1. The number of halogens is 1. The van der Waals surface area contributed by atoms with Gasteiger partial charge in [-0.1, -0.05) is 11.6 Å². The highest BCUT2D eigenvalue weighted by atomic mass is 35.5. The molecule has 1 amide bonds. The van der Waals surface area contributed by atoms with Crippen LogP contribution in [-0.2, 0) is 11.3 Å². The van der Waals surface area contributed by atoms with Gasteiger partial charge in [0.25, 0.3) is 5.91 Å². The highest BCUT2D eigenvalue weighted by molar-refractivity contribution is 6.33. The van der Waals surface area contributed by atoms with Crippen LogP contribution in [0, 0.1) is 5.92 Å². The number of amides is 1. The Hall–Kier alpha value is -2.69. The molecular weight excluding hydrogens is 500 g/mol. The number of rotatable bonds is 9. The van der Waals surface area contributed by atoms with Gasteiger partial charge in [-0.3, -0.25) is 18.8 Å². The Morgan fingerprint density at radius 3 is 2.62 bits per heavy atom. The summed E-state index contributed by atoms with van der Waals surface area (Å²) < 4.78 is 26.3.